The quantitative estimate of drug-likeness (QED) is 0.944. The summed E-state index contributed by atoms with van der Waals surface area (Å²) in [7, 11) is 2.09. The van der Waals surface area contributed by atoms with Gasteiger partial charge in [0.25, 0.3) is 0 Å². The van der Waals surface area contributed by atoms with E-state index < -0.39 is 0 Å². The molecule has 0 aromatic carbocycles. The maximum Gasteiger partial charge on any atom is 0.108 e. The fraction of sp³-hybridized carbons (Fsp3) is 0.667. The van der Waals surface area contributed by atoms with Crippen molar-refractivity contribution in [1.82, 2.24) is 24.6 Å². The van der Waals surface area contributed by atoms with Gasteiger partial charge in [0.2, 0.25) is 0 Å². The highest BCUT2D eigenvalue weighted by molar-refractivity contribution is 5.23. The van der Waals surface area contributed by atoms with Gasteiger partial charge >= 0.3 is 0 Å². The molecule has 126 valence electrons. The number of hydrogen-bond acceptors (Lipinski definition) is 3. The van der Waals surface area contributed by atoms with Gasteiger partial charge in [0.05, 0.1) is 6.20 Å². The smallest absolute Gasteiger partial charge is 0.108 e. The van der Waals surface area contributed by atoms with Gasteiger partial charge in [0.15, 0.2) is 0 Å². The number of nitrogens with one attached hydrogen (secondary N) is 1. The Balaban J connectivity index is 1.63. The Morgan fingerprint density at radius 1 is 1.35 bits per heavy atom. The molecule has 2 aromatic rings. The molecule has 1 saturated heterocycles. The molecule has 1 N–H and O–H groups in total. The van der Waals surface area contributed by atoms with Crippen LogP contribution in [-0.4, -0.2) is 37.7 Å². The lowest BCUT2D eigenvalue weighted by molar-refractivity contribution is 0.164. The monoisotopic (exact) mass is 315 g/mol. The molecule has 1 fully saturated rings. The lowest BCUT2D eigenvalue weighted by Gasteiger charge is -2.33. The van der Waals surface area contributed by atoms with Crippen molar-refractivity contribution in [1.29, 1.82) is 0 Å². The third-order valence-corrected chi connectivity index (χ3v) is 4.86. The lowest BCUT2D eigenvalue weighted by atomic mass is 9.89. The minimum Gasteiger partial charge on any atom is -0.338 e. The molecule has 23 heavy (non-hydrogen) atoms. The van der Waals surface area contributed by atoms with Gasteiger partial charge in [-0.3, -0.25) is 10.00 Å². The van der Waals surface area contributed by atoms with Crippen molar-refractivity contribution in [2.45, 2.75) is 52.0 Å². The summed E-state index contributed by atoms with van der Waals surface area (Å²) in [5.41, 5.74) is 2.73. The number of piperidine rings is 1. The number of nitrogens with zero attached hydrogens (tertiary/aromatic N) is 4. The highest BCUT2D eigenvalue weighted by Gasteiger charge is 2.25. The topological polar surface area (TPSA) is 49.7 Å². The average Bonchev–Trinajstić information content (AvgIpc) is 3.09. The van der Waals surface area contributed by atoms with Gasteiger partial charge < -0.3 is 4.57 Å². The first-order valence-electron chi connectivity index (χ1n) is 8.65. The van der Waals surface area contributed by atoms with Crippen LogP contribution < -0.4 is 0 Å². The van der Waals surface area contributed by atoms with Crippen LogP contribution in [0, 0.1) is 5.92 Å². The zero-order chi connectivity index (χ0) is 16.4. The molecule has 0 aliphatic carbocycles. The number of imidazole rings is 1. The van der Waals surface area contributed by atoms with Crippen molar-refractivity contribution >= 4 is 0 Å². The maximum absolute atomic E-state index is 4.49. The van der Waals surface area contributed by atoms with Crippen LogP contribution in [0.2, 0.25) is 0 Å². The second-order valence-electron chi connectivity index (χ2n) is 7.92. The summed E-state index contributed by atoms with van der Waals surface area (Å²) in [4.78, 5) is 7.07. The van der Waals surface area contributed by atoms with Crippen molar-refractivity contribution in [2.75, 3.05) is 13.1 Å². The van der Waals surface area contributed by atoms with Crippen molar-refractivity contribution in [3.05, 3.63) is 35.7 Å². The van der Waals surface area contributed by atoms with Crippen LogP contribution in [0.5, 0.6) is 0 Å². The standard InChI is InChI=1S/C18H29N5/c1-18(2,3)17-15(11-20-21-17)13-23-8-5-6-14(12-23)10-16-19-7-9-22(16)4/h7,9,11,14H,5-6,8,10,12-13H2,1-4H3,(H,20,21)/t14-/m0/s1. The molecule has 1 aliphatic rings. The molecule has 2 aromatic heterocycles. The van der Waals surface area contributed by atoms with Crippen LogP contribution in [0.25, 0.3) is 0 Å². The number of aromatic amines is 1. The number of H-pyrrole nitrogens is 1. The van der Waals surface area contributed by atoms with E-state index in [0.717, 1.165) is 19.5 Å². The van der Waals surface area contributed by atoms with Crippen molar-refractivity contribution in [3.8, 4) is 0 Å². The normalized spacial score (nSPS) is 20.1. The number of aryl methyl sites for hydroxylation is 1. The van der Waals surface area contributed by atoms with Crippen LogP contribution in [-0.2, 0) is 25.4 Å². The summed E-state index contributed by atoms with van der Waals surface area (Å²) in [6.07, 6.45) is 9.60. The molecule has 5 heteroatoms. The van der Waals surface area contributed by atoms with E-state index in [4.69, 9.17) is 0 Å². The zero-order valence-corrected chi connectivity index (χ0v) is 14.8. The van der Waals surface area contributed by atoms with Gasteiger partial charge in [0, 0.05) is 55.6 Å². The van der Waals surface area contributed by atoms with Crippen LogP contribution in [0.1, 0.15) is 50.7 Å². The van der Waals surface area contributed by atoms with Crippen molar-refractivity contribution < 1.29 is 0 Å². The molecular formula is C18H29N5. The Hall–Kier alpha value is -1.62. The fourth-order valence-corrected chi connectivity index (χ4v) is 3.63. The van der Waals surface area contributed by atoms with Gasteiger partial charge in [-0.1, -0.05) is 20.8 Å². The molecule has 0 saturated carbocycles. The van der Waals surface area contributed by atoms with Gasteiger partial charge in [-0.25, -0.2) is 4.98 Å². The summed E-state index contributed by atoms with van der Waals surface area (Å²) < 4.78 is 2.15. The third-order valence-electron chi connectivity index (χ3n) is 4.86. The third kappa shape index (κ3) is 3.83. The first-order valence-corrected chi connectivity index (χ1v) is 8.65. The Morgan fingerprint density at radius 2 is 2.17 bits per heavy atom. The first-order chi connectivity index (χ1) is 10.9. The molecule has 0 bridgehead atoms. The molecule has 0 radical (unpaired) electrons. The van der Waals surface area contributed by atoms with Gasteiger partial charge in [0.1, 0.15) is 5.82 Å². The zero-order valence-electron chi connectivity index (χ0n) is 14.8. The SMILES string of the molecule is Cn1ccnc1C[C@@H]1CCCN(Cc2cn[nH]c2C(C)(C)C)C1. The maximum atomic E-state index is 4.49. The molecule has 0 unspecified atom stereocenters. The second-order valence-corrected chi connectivity index (χ2v) is 7.92. The second kappa shape index (κ2) is 6.48. The number of likely N-dealkylation sites (tertiary alicyclic amines) is 1. The van der Waals surface area contributed by atoms with E-state index in [1.165, 1.54) is 36.5 Å². The van der Waals surface area contributed by atoms with E-state index in [-0.39, 0.29) is 5.41 Å². The predicted octanol–water partition coefficient (Wildman–Crippen LogP) is 2.90. The van der Waals surface area contributed by atoms with E-state index in [1.54, 1.807) is 0 Å². The molecule has 0 amide bonds. The number of rotatable bonds is 4. The molecule has 0 spiro atoms. The average molecular weight is 315 g/mol. The van der Waals surface area contributed by atoms with E-state index in [0.29, 0.717) is 5.92 Å². The Morgan fingerprint density at radius 3 is 2.87 bits per heavy atom. The Bertz CT molecular complexity index is 634. The van der Waals surface area contributed by atoms with Crippen LogP contribution >= 0.6 is 0 Å². The van der Waals surface area contributed by atoms with Gasteiger partial charge in [-0.15, -0.1) is 0 Å². The fourth-order valence-electron chi connectivity index (χ4n) is 3.63. The molecule has 1 aliphatic heterocycles. The summed E-state index contributed by atoms with van der Waals surface area (Å²) in [6.45, 7) is 10.1. The Kier molecular flexibility index (Phi) is 4.57. The molecule has 3 heterocycles. The van der Waals surface area contributed by atoms with E-state index >= 15 is 0 Å². The molecular weight excluding hydrogens is 286 g/mol. The predicted molar refractivity (Wildman–Crippen MR) is 92.2 cm³/mol. The minimum atomic E-state index is 0.119. The number of hydrogen-bond donors (Lipinski definition) is 1. The van der Waals surface area contributed by atoms with E-state index in [2.05, 4.69) is 52.5 Å². The van der Waals surface area contributed by atoms with Crippen LogP contribution in [0.3, 0.4) is 0 Å². The molecule has 3 rings (SSSR count). The van der Waals surface area contributed by atoms with Gasteiger partial charge in [-0.05, 0) is 25.3 Å². The van der Waals surface area contributed by atoms with E-state index in [9.17, 15) is 0 Å². The minimum absolute atomic E-state index is 0.119. The molecule has 5 nitrogen and oxygen atoms in total. The summed E-state index contributed by atoms with van der Waals surface area (Å²) >= 11 is 0. The number of aromatic nitrogens is 4. The Labute approximate surface area is 139 Å². The summed E-state index contributed by atoms with van der Waals surface area (Å²) in [6, 6.07) is 0. The lowest BCUT2D eigenvalue weighted by Crippen LogP contribution is -2.36. The van der Waals surface area contributed by atoms with Crippen LogP contribution in [0.15, 0.2) is 18.6 Å². The van der Waals surface area contributed by atoms with Crippen LogP contribution in [0.4, 0.5) is 0 Å². The van der Waals surface area contributed by atoms with Gasteiger partial charge in [-0.2, -0.15) is 5.10 Å². The largest absolute Gasteiger partial charge is 0.338 e. The first kappa shape index (κ1) is 16.2. The molecule has 1 atom stereocenters. The van der Waals surface area contributed by atoms with Crippen molar-refractivity contribution in [3.63, 3.8) is 0 Å². The summed E-state index contributed by atoms with van der Waals surface area (Å²) in [5.74, 6) is 1.91. The van der Waals surface area contributed by atoms with Crippen molar-refractivity contribution in [2.24, 2.45) is 13.0 Å². The summed E-state index contributed by atoms with van der Waals surface area (Å²) in [5, 5.41) is 7.48. The highest BCUT2D eigenvalue weighted by atomic mass is 15.2. The van der Waals surface area contributed by atoms with E-state index in [1.807, 2.05) is 18.6 Å². The highest BCUT2D eigenvalue weighted by Crippen LogP contribution is 2.26.